The highest BCUT2D eigenvalue weighted by atomic mass is 35.5. The van der Waals surface area contributed by atoms with Gasteiger partial charge < -0.3 is 9.84 Å². The average Bonchev–Trinajstić information content (AvgIpc) is 3.22. The van der Waals surface area contributed by atoms with E-state index in [0.717, 1.165) is 24.8 Å². The zero-order chi connectivity index (χ0) is 19.7. The molecule has 3 rings (SSSR count). The van der Waals surface area contributed by atoms with E-state index in [2.05, 4.69) is 10.9 Å². The van der Waals surface area contributed by atoms with Gasteiger partial charge in [-0.15, -0.1) is 0 Å². The van der Waals surface area contributed by atoms with Gasteiger partial charge in [-0.25, -0.2) is 0 Å². The van der Waals surface area contributed by atoms with Gasteiger partial charge in [0, 0.05) is 5.02 Å². The second-order valence-electron chi connectivity index (χ2n) is 7.37. The predicted molar refractivity (Wildman–Crippen MR) is 98.0 cm³/mol. The molecule has 2 saturated carbocycles. The van der Waals surface area contributed by atoms with Crippen molar-refractivity contribution in [2.24, 2.45) is 23.7 Å². The van der Waals surface area contributed by atoms with Crippen LogP contribution in [0.2, 0.25) is 5.02 Å². The number of hydrogen-bond acceptors (Lipinski definition) is 4. The van der Waals surface area contributed by atoms with Crippen molar-refractivity contribution < 1.29 is 24.2 Å². The molecule has 2 aliphatic rings. The fraction of sp³-hybridized carbons (Fsp3) is 0.526. The largest absolute Gasteiger partial charge is 0.481 e. The number of amides is 2. The van der Waals surface area contributed by atoms with Crippen LogP contribution >= 0.6 is 11.6 Å². The summed E-state index contributed by atoms with van der Waals surface area (Å²) in [7, 11) is 0. The van der Waals surface area contributed by atoms with Crippen LogP contribution in [0, 0.1) is 30.6 Å². The quantitative estimate of drug-likeness (QED) is 0.665. The molecule has 1 aromatic carbocycles. The number of ether oxygens (including phenoxy) is 1. The van der Waals surface area contributed by atoms with Crippen LogP contribution in [0.1, 0.15) is 31.7 Å². The number of hydrazine groups is 1. The molecule has 2 bridgehead atoms. The summed E-state index contributed by atoms with van der Waals surface area (Å²) >= 11 is 5.90. The molecule has 0 aromatic heterocycles. The van der Waals surface area contributed by atoms with E-state index < -0.39 is 35.7 Å². The van der Waals surface area contributed by atoms with Crippen LogP contribution in [-0.4, -0.2) is 29.0 Å². The maximum atomic E-state index is 12.5. The van der Waals surface area contributed by atoms with Gasteiger partial charge in [-0.05, 0) is 68.7 Å². The normalized spacial score (nSPS) is 27.1. The van der Waals surface area contributed by atoms with Gasteiger partial charge in [0.2, 0.25) is 5.91 Å². The molecule has 8 heteroatoms. The molecule has 0 heterocycles. The molecule has 1 aromatic rings. The van der Waals surface area contributed by atoms with E-state index in [0.29, 0.717) is 10.8 Å². The van der Waals surface area contributed by atoms with Crippen LogP contribution in [0.15, 0.2) is 18.2 Å². The first-order valence-electron chi connectivity index (χ1n) is 9.03. The van der Waals surface area contributed by atoms with Gasteiger partial charge in [0.05, 0.1) is 11.8 Å². The van der Waals surface area contributed by atoms with Crippen molar-refractivity contribution in [2.75, 3.05) is 0 Å². The van der Waals surface area contributed by atoms with Crippen LogP contribution in [-0.2, 0) is 14.4 Å². The van der Waals surface area contributed by atoms with Crippen molar-refractivity contribution in [2.45, 2.75) is 39.2 Å². The van der Waals surface area contributed by atoms with Crippen molar-refractivity contribution in [1.82, 2.24) is 10.9 Å². The molecule has 0 unspecified atom stereocenters. The van der Waals surface area contributed by atoms with Crippen LogP contribution in [0.4, 0.5) is 0 Å². The molecule has 0 spiro atoms. The molecule has 2 fully saturated rings. The first-order chi connectivity index (χ1) is 12.8. The van der Waals surface area contributed by atoms with Crippen molar-refractivity contribution >= 4 is 29.4 Å². The van der Waals surface area contributed by atoms with E-state index in [1.807, 2.05) is 6.92 Å². The molecule has 5 atom stereocenters. The molecule has 0 saturated heterocycles. The van der Waals surface area contributed by atoms with E-state index in [9.17, 15) is 19.5 Å². The fourth-order valence-corrected chi connectivity index (χ4v) is 4.55. The molecule has 0 radical (unpaired) electrons. The molecule has 0 aliphatic heterocycles. The van der Waals surface area contributed by atoms with Gasteiger partial charge >= 0.3 is 5.97 Å². The Bertz CT molecular complexity index is 768. The summed E-state index contributed by atoms with van der Waals surface area (Å²) in [5.74, 6) is -2.55. The van der Waals surface area contributed by atoms with E-state index >= 15 is 0 Å². The summed E-state index contributed by atoms with van der Waals surface area (Å²) in [6, 6.07) is 5.06. The zero-order valence-electron chi connectivity index (χ0n) is 15.2. The third kappa shape index (κ3) is 4.03. The number of halogens is 1. The number of aryl methyl sites for hydroxylation is 1. The number of nitrogens with one attached hydrogen (secondary N) is 2. The first kappa shape index (κ1) is 19.5. The summed E-state index contributed by atoms with van der Waals surface area (Å²) in [4.78, 5) is 36.2. The predicted octanol–water partition coefficient (Wildman–Crippen LogP) is 2.31. The molecule has 7 nitrogen and oxygen atoms in total. The molecule has 3 N–H and O–H groups in total. The smallest absolute Gasteiger partial charge is 0.307 e. The summed E-state index contributed by atoms with van der Waals surface area (Å²) in [5.41, 5.74) is 5.52. The van der Waals surface area contributed by atoms with E-state index in [1.54, 1.807) is 25.1 Å². The maximum Gasteiger partial charge on any atom is 0.307 e. The first-order valence-corrected chi connectivity index (χ1v) is 9.41. The van der Waals surface area contributed by atoms with E-state index in [4.69, 9.17) is 16.3 Å². The number of hydrogen-bond donors (Lipinski definition) is 3. The van der Waals surface area contributed by atoms with Gasteiger partial charge in [0.1, 0.15) is 5.75 Å². The standard InChI is InChI=1S/C19H23ClN2O5/c1-9-7-13(20)5-6-14(9)27-10(2)17(23)21-22-18(24)15-11-3-4-12(8-11)16(15)19(25)26/h5-7,10-12,15-16H,3-4,8H2,1-2H3,(H,21,23)(H,22,24)(H,25,26)/t10-,11+,12+,15-,16-/m1/s1. The molecule has 2 aliphatic carbocycles. The maximum absolute atomic E-state index is 12.5. The van der Waals surface area contributed by atoms with Gasteiger partial charge in [-0.3, -0.25) is 25.2 Å². The van der Waals surface area contributed by atoms with E-state index in [1.165, 1.54) is 0 Å². The Morgan fingerprint density at radius 2 is 1.85 bits per heavy atom. The Morgan fingerprint density at radius 1 is 1.19 bits per heavy atom. The molecular weight excluding hydrogens is 372 g/mol. The van der Waals surface area contributed by atoms with Gasteiger partial charge in [0.25, 0.3) is 5.91 Å². The highest BCUT2D eigenvalue weighted by molar-refractivity contribution is 6.30. The number of fused-ring (bicyclic) bond motifs is 2. The summed E-state index contributed by atoms with van der Waals surface area (Å²) in [6.07, 6.45) is 1.62. The average molecular weight is 395 g/mol. The van der Waals surface area contributed by atoms with Crippen LogP contribution in [0.5, 0.6) is 5.75 Å². The molecular formula is C19H23ClN2O5. The zero-order valence-corrected chi connectivity index (χ0v) is 16.0. The number of carbonyl (C=O) groups is 3. The lowest BCUT2D eigenvalue weighted by Gasteiger charge is -2.27. The second-order valence-corrected chi connectivity index (χ2v) is 7.81. The topological polar surface area (TPSA) is 105 Å². The second kappa shape index (κ2) is 7.76. The number of rotatable bonds is 5. The Kier molecular flexibility index (Phi) is 5.60. The Balaban J connectivity index is 1.55. The Labute approximate surface area is 162 Å². The van der Waals surface area contributed by atoms with Gasteiger partial charge in [-0.1, -0.05) is 11.6 Å². The Hall–Kier alpha value is -2.28. The summed E-state index contributed by atoms with van der Waals surface area (Å²) in [5, 5.41) is 10.0. The van der Waals surface area contributed by atoms with Crippen molar-refractivity contribution in [3.63, 3.8) is 0 Å². The van der Waals surface area contributed by atoms with Crippen LogP contribution in [0.3, 0.4) is 0 Å². The van der Waals surface area contributed by atoms with Crippen LogP contribution in [0.25, 0.3) is 0 Å². The van der Waals surface area contributed by atoms with Crippen LogP contribution < -0.4 is 15.6 Å². The lowest BCUT2D eigenvalue weighted by Crippen LogP contribution is -2.51. The number of benzene rings is 1. The van der Waals surface area contributed by atoms with Crippen molar-refractivity contribution in [3.8, 4) is 5.75 Å². The van der Waals surface area contributed by atoms with Gasteiger partial charge in [-0.2, -0.15) is 0 Å². The molecule has 146 valence electrons. The SMILES string of the molecule is Cc1cc(Cl)ccc1O[C@H](C)C(=O)NNC(=O)[C@@H]1[C@H]2CC[C@@H](C2)[C@H]1C(=O)O. The summed E-state index contributed by atoms with van der Waals surface area (Å²) < 4.78 is 5.61. The Morgan fingerprint density at radius 3 is 2.48 bits per heavy atom. The highest BCUT2D eigenvalue weighted by Gasteiger charge is 2.54. The number of aliphatic carboxylic acids is 1. The third-order valence-electron chi connectivity index (χ3n) is 5.62. The lowest BCUT2D eigenvalue weighted by atomic mass is 9.79. The molecule has 2 amide bonds. The van der Waals surface area contributed by atoms with Crippen molar-refractivity contribution in [1.29, 1.82) is 0 Å². The lowest BCUT2D eigenvalue weighted by molar-refractivity contribution is -0.150. The van der Waals surface area contributed by atoms with Gasteiger partial charge in [0.15, 0.2) is 6.10 Å². The number of carboxylic acid groups (broad SMARTS) is 1. The monoisotopic (exact) mass is 394 g/mol. The summed E-state index contributed by atoms with van der Waals surface area (Å²) in [6.45, 7) is 3.38. The molecule has 27 heavy (non-hydrogen) atoms. The minimum absolute atomic E-state index is 0.0501. The number of carboxylic acids is 1. The minimum Gasteiger partial charge on any atom is -0.481 e. The fourth-order valence-electron chi connectivity index (χ4n) is 4.32. The minimum atomic E-state index is -0.941. The number of carbonyl (C=O) groups excluding carboxylic acids is 2. The highest BCUT2D eigenvalue weighted by Crippen LogP contribution is 2.52. The third-order valence-corrected chi connectivity index (χ3v) is 5.86. The van der Waals surface area contributed by atoms with Crippen molar-refractivity contribution in [3.05, 3.63) is 28.8 Å². The van der Waals surface area contributed by atoms with E-state index in [-0.39, 0.29) is 11.8 Å².